The van der Waals surface area contributed by atoms with Gasteiger partial charge in [-0.2, -0.15) is 0 Å². The molecule has 1 fully saturated rings. The van der Waals surface area contributed by atoms with Crippen molar-refractivity contribution < 1.29 is 14.3 Å². The van der Waals surface area contributed by atoms with Crippen molar-refractivity contribution in [2.24, 2.45) is 11.8 Å². The highest BCUT2D eigenvalue weighted by Crippen LogP contribution is 2.43. The zero-order valence-corrected chi connectivity index (χ0v) is 15.8. The van der Waals surface area contributed by atoms with Crippen LogP contribution in [0, 0.1) is 11.8 Å². The van der Waals surface area contributed by atoms with Crippen LogP contribution in [0.15, 0.2) is 42.5 Å². The van der Waals surface area contributed by atoms with Gasteiger partial charge >= 0.3 is 0 Å². The number of carbonyl (C=O) groups excluding carboxylic acids is 2. The van der Waals surface area contributed by atoms with Gasteiger partial charge in [0.05, 0.1) is 24.0 Å². The number of amides is 2. The van der Waals surface area contributed by atoms with Gasteiger partial charge in [0.2, 0.25) is 11.8 Å². The molecule has 2 aliphatic rings. The number of para-hydroxylation sites is 1. The summed E-state index contributed by atoms with van der Waals surface area (Å²) in [6.45, 7) is 0.717. The van der Waals surface area contributed by atoms with E-state index in [4.69, 9.17) is 16.3 Å². The molecule has 0 bridgehead atoms. The van der Waals surface area contributed by atoms with Crippen molar-refractivity contribution in [3.05, 3.63) is 53.1 Å². The SMILES string of the molecule is COc1ccc(NC(=O)C2CC2C(=O)N2CCCc3ccccc32)cc1Cl. The molecule has 4 rings (SSSR count). The lowest BCUT2D eigenvalue weighted by Crippen LogP contribution is -2.37. The third kappa shape index (κ3) is 3.52. The Morgan fingerprint density at radius 3 is 2.78 bits per heavy atom. The van der Waals surface area contributed by atoms with Crippen molar-refractivity contribution in [1.29, 1.82) is 0 Å². The number of ether oxygens (including phenoxy) is 1. The summed E-state index contributed by atoms with van der Waals surface area (Å²) in [4.78, 5) is 27.3. The Morgan fingerprint density at radius 2 is 2.00 bits per heavy atom. The molecule has 0 radical (unpaired) electrons. The summed E-state index contributed by atoms with van der Waals surface area (Å²) in [6.07, 6.45) is 2.54. The third-order valence-corrected chi connectivity index (χ3v) is 5.54. The molecule has 140 valence electrons. The quantitative estimate of drug-likeness (QED) is 0.869. The zero-order chi connectivity index (χ0) is 19.0. The fourth-order valence-electron chi connectivity index (χ4n) is 3.70. The van der Waals surface area contributed by atoms with Gasteiger partial charge in [-0.3, -0.25) is 9.59 Å². The average Bonchev–Trinajstić information content (AvgIpc) is 3.48. The first kappa shape index (κ1) is 17.9. The minimum Gasteiger partial charge on any atom is -0.495 e. The number of fused-ring (bicyclic) bond motifs is 1. The number of anilines is 2. The fraction of sp³-hybridized carbons (Fsp3) is 0.333. The van der Waals surface area contributed by atoms with Crippen LogP contribution < -0.4 is 15.0 Å². The molecule has 2 unspecified atom stereocenters. The fourth-order valence-corrected chi connectivity index (χ4v) is 3.96. The van der Waals surface area contributed by atoms with Crippen molar-refractivity contribution in [1.82, 2.24) is 0 Å². The number of carbonyl (C=O) groups is 2. The Kier molecular flexibility index (Phi) is 4.79. The zero-order valence-electron chi connectivity index (χ0n) is 15.1. The van der Waals surface area contributed by atoms with Crippen LogP contribution in [0.5, 0.6) is 5.75 Å². The lowest BCUT2D eigenvalue weighted by Gasteiger charge is -2.29. The van der Waals surface area contributed by atoms with E-state index in [-0.39, 0.29) is 23.7 Å². The highest BCUT2D eigenvalue weighted by Gasteiger charge is 2.50. The standard InChI is InChI=1S/C21H21ClN2O3/c1-27-19-9-8-14(11-17(19)22)23-20(25)15-12-16(15)21(26)24-10-4-6-13-5-2-3-7-18(13)24/h2-3,5,7-9,11,15-16H,4,6,10,12H2,1H3,(H,23,25). The van der Waals surface area contributed by atoms with E-state index in [9.17, 15) is 9.59 Å². The Morgan fingerprint density at radius 1 is 1.19 bits per heavy atom. The molecule has 2 aromatic carbocycles. The van der Waals surface area contributed by atoms with Crippen LogP contribution >= 0.6 is 11.6 Å². The summed E-state index contributed by atoms with van der Waals surface area (Å²) in [6, 6.07) is 13.1. The summed E-state index contributed by atoms with van der Waals surface area (Å²) in [5, 5.41) is 3.29. The summed E-state index contributed by atoms with van der Waals surface area (Å²) in [7, 11) is 1.54. The Balaban J connectivity index is 1.41. The lowest BCUT2D eigenvalue weighted by molar-refractivity contribution is -0.123. The van der Waals surface area contributed by atoms with Gasteiger partial charge in [0.25, 0.3) is 0 Å². The number of nitrogens with one attached hydrogen (secondary N) is 1. The molecular formula is C21H21ClN2O3. The highest BCUT2D eigenvalue weighted by molar-refractivity contribution is 6.32. The van der Waals surface area contributed by atoms with E-state index in [1.807, 2.05) is 23.1 Å². The molecule has 2 aromatic rings. The van der Waals surface area contributed by atoms with Gasteiger partial charge < -0.3 is 15.0 Å². The molecule has 2 amide bonds. The predicted octanol–water partition coefficient (Wildman–Crippen LogP) is 3.90. The monoisotopic (exact) mass is 384 g/mol. The summed E-state index contributed by atoms with van der Waals surface area (Å²) in [5.41, 5.74) is 2.79. The van der Waals surface area contributed by atoms with Crippen molar-refractivity contribution in [2.45, 2.75) is 19.3 Å². The first-order valence-electron chi connectivity index (χ1n) is 9.12. The lowest BCUT2D eigenvalue weighted by atomic mass is 10.0. The molecule has 6 heteroatoms. The van der Waals surface area contributed by atoms with E-state index in [1.165, 1.54) is 5.56 Å². The number of aryl methyl sites for hydroxylation is 1. The first-order chi connectivity index (χ1) is 13.1. The van der Waals surface area contributed by atoms with Gasteiger partial charge in [0.1, 0.15) is 5.75 Å². The van der Waals surface area contributed by atoms with E-state index >= 15 is 0 Å². The Bertz CT molecular complexity index is 899. The highest BCUT2D eigenvalue weighted by atomic mass is 35.5. The molecule has 1 heterocycles. The topological polar surface area (TPSA) is 58.6 Å². The van der Waals surface area contributed by atoms with E-state index in [1.54, 1.807) is 25.3 Å². The van der Waals surface area contributed by atoms with Crippen LogP contribution in [0.4, 0.5) is 11.4 Å². The van der Waals surface area contributed by atoms with Crippen LogP contribution in [0.25, 0.3) is 0 Å². The molecular weight excluding hydrogens is 364 g/mol. The second kappa shape index (κ2) is 7.24. The number of hydrogen-bond acceptors (Lipinski definition) is 3. The van der Waals surface area contributed by atoms with E-state index < -0.39 is 0 Å². The van der Waals surface area contributed by atoms with Gasteiger partial charge in [0.15, 0.2) is 0 Å². The molecule has 1 saturated carbocycles. The van der Waals surface area contributed by atoms with Gasteiger partial charge in [-0.1, -0.05) is 29.8 Å². The molecule has 0 spiro atoms. The smallest absolute Gasteiger partial charge is 0.230 e. The number of nitrogens with zero attached hydrogens (tertiary/aromatic N) is 1. The molecule has 1 N–H and O–H groups in total. The Hall–Kier alpha value is -2.53. The Labute approximate surface area is 163 Å². The molecule has 2 atom stereocenters. The number of methoxy groups -OCH3 is 1. The maximum absolute atomic E-state index is 12.9. The van der Waals surface area contributed by atoms with Gasteiger partial charge in [0, 0.05) is 17.9 Å². The van der Waals surface area contributed by atoms with Crippen LogP contribution in [0.3, 0.4) is 0 Å². The summed E-state index contributed by atoms with van der Waals surface area (Å²) in [5.74, 6) is -0.0646. The second-order valence-corrected chi connectivity index (χ2v) is 7.42. The predicted molar refractivity (Wildman–Crippen MR) is 105 cm³/mol. The van der Waals surface area contributed by atoms with Crippen LogP contribution in [-0.4, -0.2) is 25.5 Å². The van der Waals surface area contributed by atoms with Gasteiger partial charge in [-0.25, -0.2) is 0 Å². The van der Waals surface area contributed by atoms with Gasteiger partial charge in [-0.05, 0) is 49.1 Å². The van der Waals surface area contributed by atoms with Gasteiger partial charge in [-0.15, -0.1) is 0 Å². The number of halogens is 1. The maximum Gasteiger partial charge on any atom is 0.230 e. The summed E-state index contributed by atoms with van der Waals surface area (Å²) < 4.78 is 5.11. The van der Waals surface area contributed by atoms with Crippen molar-refractivity contribution in [3.8, 4) is 5.75 Å². The van der Waals surface area contributed by atoms with Crippen molar-refractivity contribution in [3.63, 3.8) is 0 Å². The number of hydrogen-bond donors (Lipinski definition) is 1. The molecule has 27 heavy (non-hydrogen) atoms. The summed E-state index contributed by atoms with van der Waals surface area (Å²) >= 11 is 6.10. The number of benzene rings is 2. The van der Waals surface area contributed by atoms with Crippen molar-refractivity contribution in [2.75, 3.05) is 23.9 Å². The van der Waals surface area contributed by atoms with E-state index in [0.29, 0.717) is 22.9 Å². The largest absolute Gasteiger partial charge is 0.495 e. The van der Waals surface area contributed by atoms with E-state index in [2.05, 4.69) is 11.4 Å². The molecule has 5 nitrogen and oxygen atoms in total. The molecule has 1 aliphatic carbocycles. The minimum atomic E-state index is -0.285. The maximum atomic E-state index is 12.9. The third-order valence-electron chi connectivity index (χ3n) is 5.24. The second-order valence-electron chi connectivity index (χ2n) is 7.01. The molecule has 1 aliphatic heterocycles. The first-order valence-corrected chi connectivity index (χ1v) is 9.50. The van der Waals surface area contributed by atoms with E-state index in [0.717, 1.165) is 25.1 Å². The van der Waals surface area contributed by atoms with Crippen LogP contribution in [0.2, 0.25) is 5.02 Å². The molecule has 0 aromatic heterocycles. The van der Waals surface area contributed by atoms with Crippen LogP contribution in [0.1, 0.15) is 18.4 Å². The minimum absolute atomic E-state index is 0.0510. The molecule has 0 saturated heterocycles. The number of rotatable bonds is 4. The normalized spacial score (nSPS) is 20.6. The van der Waals surface area contributed by atoms with Crippen LogP contribution in [-0.2, 0) is 16.0 Å². The van der Waals surface area contributed by atoms with Crippen molar-refractivity contribution >= 4 is 34.8 Å². The average molecular weight is 385 g/mol.